The Labute approximate surface area is 148 Å². The smallest absolute Gasteiger partial charge is 0.407 e. The number of carbonyl (C=O) groups excluding carboxylic acids is 1. The van der Waals surface area contributed by atoms with Crippen molar-refractivity contribution in [3.05, 3.63) is 11.6 Å². The molecule has 25 heavy (non-hydrogen) atoms. The Morgan fingerprint density at radius 3 is 2.68 bits per heavy atom. The molecule has 1 fully saturated rings. The topological polar surface area (TPSA) is 96.7 Å². The highest BCUT2D eigenvalue weighted by Gasteiger charge is 2.27. The average Bonchev–Trinajstić information content (AvgIpc) is 3.07. The van der Waals surface area contributed by atoms with Crippen LogP contribution in [0.25, 0.3) is 0 Å². The van der Waals surface area contributed by atoms with Crippen molar-refractivity contribution in [2.45, 2.75) is 52.3 Å². The monoisotopic (exact) mass is 351 g/mol. The van der Waals surface area contributed by atoms with E-state index in [0.29, 0.717) is 13.1 Å². The molecule has 140 valence electrons. The summed E-state index contributed by atoms with van der Waals surface area (Å²) in [5, 5.41) is 14.4. The number of amides is 1. The third kappa shape index (κ3) is 5.33. The van der Waals surface area contributed by atoms with Crippen molar-refractivity contribution in [1.82, 2.24) is 30.3 Å². The summed E-state index contributed by atoms with van der Waals surface area (Å²) in [6, 6.07) is 0.0467. The first-order chi connectivity index (χ1) is 11.7. The van der Waals surface area contributed by atoms with Crippen LogP contribution in [0.1, 0.15) is 38.8 Å². The van der Waals surface area contributed by atoms with Crippen molar-refractivity contribution in [1.29, 1.82) is 0 Å². The fourth-order valence-electron chi connectivity index (χ4n) is 2.64. The van der Waals surface area contributed by atoms with E-state index in [9.17, 15) is 4.79 Å². The molecule has 1 amide bonds. The molecule has 9 nitrogen and oxygen atoms in total. The van der Waals surface area contributed by atoms with Crippen LogP contribution in [0, 0.1) is 6.92 Å². The van der Waals surface area contributed by atoms with Gasteiger partial charge in [-0.1, -0.05) is 0 Å². The molecule has 0 bridgehead atoms. The highest BCUT2D eigenvalue weighted by Crippen LogP contribution is 2.12. The van der Waals surface area contributed by atoms with Gasteiger partial charge in [0.05, 0.1) is 12.6 Å². The van der Waals surface area contributed by atoms with Crippen LogP contribution >= 0.6 is 0 Å². The minimum Gasteiger partial charge on any atom is -0.444 e. The first-order valence-corrected chi connectivity index (χ1v) is 8.49. The third-order valence-corrected chi connectivity index (χ3v) is 4.01. The Balaban J connectivity index is 1.84. The van der Waals surface area contributed by atoms with Crippen LogP contribution in [0.15, 0.2) is 4.99 Å². The van der Waals surface area contributed by atoms with E-state index < -0.39 is 5.60 Å². The van der Waals surface area contributed by atoms with Crippen LogP contribution in [0.4, 0.5) is 4.79 Å². The molecular weight excluding hydrogens is 322 g/mol. The van der Waals surface area contributed by atoms with Gasteiger partial charge in [-0.2, -0.15) is 0 Å². The number of ether oxygens (including phenoxy) is 1. The number of guanidine groups is 1. The van der Waals surface area contributed by atoms with Crippen molar-refractivity contribution < 1.29 is 9.53 Å². The number of nitrogens with zero attached hydrogens (tertiary/aromatic N) is 5. The number of likely N-dealkylation sites (tertiary alicyclic amines) is 1. The van der Waals surface area contributed by atoms with Gasteiger partial charge in [-0.3, -0.25) is 4.99 Å². The summed E-state index contributed by atoms with van der Waals surface area (Å²) in [5.41, 5.74) is -0.492. The SMILES string of the molecule is CN=C(NCc1nnc(C)n1C)N1CCC(NC(=O)OC(C)(C)C)C1. The quantitative estimate of drug-likeness (QED) is 0.618. The average molecular weight is 351 g/mol. The molecule has 1 unspecified atom stereocenters. The largest absolute Gasteiger partial charge is 0.444 e. The molecule has 2 heterocycles. The summed E-state index contributed by atoms with van der Waals surface area (Å²) >= 11 is 0. The maximum absolute atomic E-state index is 11.9. The van der Waals surface area contributed by atoms with Crippen LogP contribution in [0.5, 0.6) is 0 Å². The van der Waals surface area contributed by atoms with Gasteiger partial charge in [0.2, 0.25) is 0 Å². The minimum absolute atomic E-state index is 0.0467. The van der Waals surface area contributed by atoms with Gasteiger partial charge in [-0.25, -0.2) is 4.79 Å². The van der Waals surface area contributed by atoms with E-state index in [1.165, 1.54) is 0 Å². The summed E-state index contributed by atoms with van der Waals surface area (Å²) in [7, 11) is 3.69. The molecule has 0 radical (unpaired) electrons. The van der Waals surface area contributed by atoms with Crippen LogP contribution in [-0.4, -0.2) is 63.5 Å². The summed E-state index contributed by atoms with van der Waals surface area (Å²) in [6.07, 6.45) is 0.472. The summed E-state index contributed by atoms with van der Waals surface area (Å²) < 4.78 is 7.25. The molecule has 1 aliphatic rings. The lowest BCUT2D eigenvalue weighted by Crippen LogP contribution is -2.44. The number of hydrogen-bond acceptors (Lipinski definition) is 5. The second kappa shape index (κ2) is 7.71. The Hall–Kier alpha value is -2.32. The van der Waals surface area contributed by atoms with Gasteiger partial charge in [0.15, 0.2) is 11.8 Å². The second-order valence-corrected chi connectivity index (χ2v) is 7.20. The predicted octanol–water partition coefficient (Wildman–Crippen LogP) is 0.798. The van der Waals surface area contributed by atoms with Gasteiger partial charge in [0.25, 0.3) is 0 Å². The fraction of sp³-hybridized carbons (Fsp3) is 0.750. The number of nitrogens with one attached hydrogen (secondary N) is 2. The lowest BCUT2D eigenvalue weighted by molar-refractivity contribution is 0.0507. The molecule has 2 N–H and O–H groups in total. The maximum atomic E-state index is 11.9. The van der Waals surface area contributed by atoms with Crippen LogP contribution < -0.4 is 10.6 Å². The van der Waals surface area contributed by atoms with E-state index in [2.05, 4.69) is 30.7 Å². The Kier molecular flexibility index (Phi) is 5.86. The lowest BCUT2D eigenvalue weighted by Gasteiger charge is -2.23. The number of aromatic nitrogens is 3. The molecule has 0 aliphatic carbocycles. The number of rotatable bonds is 3. The number of aryl methyl sites for hydroxylation is 1. The Morgan fingerprint density at radius 1 is 1.40 bits per heavy atom. The molecule has 0 spiro atoms. The van der Waals surface area contributed by atoms with Crippen molar-refractivity contribution in [3.63, 3.8) is 0 Å². The number of alkyl carbamates (subject to hydrolysis) is 1. The van der Waals surface area contributed by atoms with Crippen LogP contribution in [0.3, 0.4) is 0 Å². The van der Waals surface area contributed by atoms with Crippen molar-refractivity contribution >= 4 is 12.1 Å². The second-order valence-electron chi connectivity index (χ2n) is 7.20. The van der Waals surface area contributed by atoms with E-state index in [-0.39, 0.29) is 12.1 Å². The lowest BCUT2D eigenvalue weighted by atomic mass is 10.2. The molecule has 0 saturated carbocycles. The highest BCUT2D eigenvalue weighted by atomic mass is 16.6. The molecular formula is C16H29N7O2. The molecule has 1 aromatic rings. The third-order valence-electron chi connectivity index (χ3n) is 4.01. The number of hydrogen-bond donors (Lipinski definition) is 2. The normalized spacial score (nSPS) is 18.4. The molecule has 1 aliphatic heterocycles. The van der Waals surface area contributed by atoms with Gasteiger partial charge in [0, 0.05) is 27.2 Å². The molecule has 1 aromatic heterocycles. The summed E-state index contributed by atoms with van der Waals surface area (Å²) in [4.78, 5) is 18.3. The minimum atomic E-state index is -0.492. The van der Waals surface area contributed by atoms with Gasteiger partial charge >= 0.3 is 6.09 Å². The van der Waals surface area contributed by atoms with E-state index in [1.54, 1.807) is 7.05 Å². The van der Waals surface area contributed by atoms with E-state index in [4.69, 9.17) is 4.74 Å². The van der Waals surface area contributed by atoms with Gasteiger partial charge in [-0.15, -0.1) is 10.2 Å². The van der Waals surface area contributed by atoms with Crippen molar-refractivity contribution in [2.24, 2.45) is 12.0 Å². The molecule has 0 aromatic carbocycles. The first kappa shape index (κ1) is 19.0. The van der Waals surface area contributed by atoms with Crippen LogP contribution in [-0.2, 0) is 18.3 Å². The predicted molar refractivity (Wildman–Crippen MR) is 95.3 cm³/mol. The van der Waals surface area contributed by atoms with E-state index in [1.807, 2.05) is 39.3 Å². The Morgan fingerprint density at radius 2 is 2.12 bits per heavy atom. The van der Waals surface area contributed by atoms with Crippen molar-refractivity contribution in [3.8, 4) is 0 Å². The Bertz CT molecular complexity index is 633. The number of aliphatic imine (C=N–C) groups is 1. The maximum Gasteiger partial charge on any atom is 0.407 e. The van der Waals surface area contributed by atoms with Gasteiger partial charge < -0.3 is 24.8 Å². The summed E-state index contributed by atoms with van der Waals surface area (Å²) in [5.74, 6) is 2.50. The van der Waals surface area contributed by atoms with Gasteiger partial charge in [-0.05, 0) is 34.1 Å². The first-order valence-electron chi connectivity index (χ1n) is 8.49. The van der Waals surface area contributed by atoms with Crippen molar-refractivity contribution in [2.75, 3.05) is 20.1 Å². The van der Waals surface area contributed by atoms with E-state index >= 15 is 0 Å². The summed E-state index contributed by atoms with van der Waals surface area (Å²) in [6.45, 7) is 9.53. The highest BCUT2D eigenvalue weighted by molar-refractivity contribution is 5.80. The van der Waals surface area contributed by atoms with Crippen LogP contribution in [0.2, 0.25) is 0 Å². The van der Waals surface area contributed by atoms with Gasteiger partial charge in [0.1, 0.15) is 11.4 Å². The standard InChI is InChI=1S/C16H29N7O2/c1-11-20-21-13(22(11)6)9-18-14(17-5)23-8-7-12(10-23)19-15(24)25-16(2,3)4/h12H,7-10H2,1-6H3,(H,17,18)(H,19,24). The zero-order chi connectivity index (χ0) is 18.6. The zero-order valence-electron chi connectivity index (χ0n) is 16.0. The molecule has 9 heteroatoms. The molecule has 2 rings (SSSR count). The number of carbonyl (C=O) groups is 1. The molecule has 1 atom stereocenters. The fourth-order valence-corrected chi connectivity index (χ4v) is 2.64. The molecule has 1 saturated heterocycles. The zero-order valence-corrected chi connectivity index (χ0v) is 16.0. The van der Waals surface area contributed by atoms with E-state index in [0.717, 1.165) is 30.6 Å².